The zero-order valence-corrected chi connectivity index (χ0v) is 13.2. The first-order chi connectivity index (χ1) is 9.78. The molecule has 0 atom stereocenters. The van der Waals surface area contributed by atoms with E-state index >= 15 is 0 Å². The van der Waals surface area contributed by atoms with Crippen LogP contribution in [0, 0.1) is 0 Å². The minimum atomic E-state index is -0.489. The summed E-state index contributed by atoms with van der Waals surface area (Å²) in [5.41, 5.74) is -0.489. The predicted octanol–water partition coefficient (Wildman–Crippen LogP) is 1.53. The van der Waals surface area contributed by atoms with Crippen LogP contribution in [0.15, 0.2) is 0 Å². The third kappa shape index (κ3) is 7.80. The minimum Gasteiger partial charge on any atom is -0.444 e. The van der Waals surface area contributed by atoms with Gasteiger partial charge in [0.1, 0.15) is 11.4 Å². The molecule has 120 valence electrons. The van der Waals surface area contributed by atoms with Gasteiger partial charge < -0.3 is 15.0 Å². The molecule has 0 aromatic heterocycles. The molecular formula is C15H26N2O4. The smallest absolute Gasteiger partial charge is 0.410 e. The zero-order chi connectivity index (χ0) is 15.9. The number of ether oxygens (including phenoxy) is 1. The first-order valence-corrected chi connectivity index (χ1v) is 7.50. The number of carbonyl (C=O) groups is 3. The monoisotopic (exact) mass is 298 g/mol. The molecular weight excluding hydrogens is 272 g/mol. The summed E-state index contributed by atoms with van der Waals surface area (Å²) in [5, 5.41) is 2.98. The second kappa shape index (κ2) is 8.12. The quantitative estimate of drug-likeness (QED) is 0.734. The lowest BCUT2D eigenvalue weighted by molar-refractivity contribution is -0.122. The molecule has 0 unspecified atom stereocenters. The number of ketones is 2. The Hall–Kier alpha value is -1.43. The molecule has 1 amide bonds. The van der Waals surface area contributed by atoms with Crippen LogP contribution in [0.4, 0.5) is 4.79 Å². The molecule has 0 aliphatic carbocycles. The van der Waals surface area contributed by atoms with Gasteiger partial charge >= 0.3 is 6.09 Å². The van der Waals surface area contributed by atoms with Crippen LogP contribution >= 0.6 is 0 Å². The molecule has 0 spiro atoms. The van der Waals surface area contributed by atoms with Crippen molar-refractivity contribution in [1.29, 1.82) is 0 Å². The van der Waals surface area contributed by atoms with Gasteiger partial charge in [-0.05, 0) is 40.2 Å². The summed E-state index contributed by atoms with van der Waals surface area (Å²) in [5.74, 6) is 0.466. The number of hydrogen-bond donors (Lipinski definition) is 1. The van der Waals surface area contributed by atoms with Crippen molar-refractivity contribution >= 4 is 17.7 Å². The Morgan fingerprint density at radius 3 is 2.24 bits per heavy atom. The zero-order valence-electron chi connectivity index (χ0n) is 13.2. The number of rotatable bonds is 0. The molecule has 2 saturated heterocycles. The van der Waals surface area contributed by atoms with Gasteiger partial charge in [0.25, 0.3) is 0 Å². The van der Waals surface area contributed by atoms with Crippen LogP contribution in [-0.2, 0) is 14.3 Å². The Morgan fingerprint density at radius 1 is 1.14 bits per heavy atom. The maximum Gasteiger partial charge on any atom is 0.410 e. The lowest BCUT2D eigenvalue weighted by atomic mass is 10.1. The maximum atomic E-state index is 11.5. The molecule has 6 heteroatoms. The average Bonchev–Trinajstić information content (AvgIpc) is 2.38. The highest BCUT2D eigenvalue weighted by Gasteiger charge is 2.26. The van der Waals surface area contributed by atoms with E-state index in [2.05, 4.69) is 5.32 Å². The van der Waals surface area contributed by atoms with E-state index < -0.39 is 5.60 Å². The van der Waals surface area contributed by atoms with Crippen molar-refractivity contribution in [2.45, 2.75) is 52.1 Å². The lowest BCUT2D eigenvalue weighted by Crippen LogP contribution is -2.43. The van der Waals surface area contributed by atoms with E-state index in [1.165, 1.54) is 4.90 Å². The van der Waals surface area contributed by atoms with Gasteiger partial charge in [0.15, 0.2) is 5.78 Å². The number of carbonyl (C=O) groups excluding carboxylic acids is 3. The van der Waals surface area contributed by atoms with Crippen molar-refractivity contribution in [2.75, 3.05) is 26.2 Å². The third-order valence-electron chi connectivity index (χ3n) is 3.03. The second-order valence-electron chi connectivity index (χ2n) is 6.36. The highest BCUT2D eigenvalue weighted by Crippen LogP contribution is 2.13. The molecule has 0 aromatic rings. The fraction of sp³-hybridized carbons (Fsp3) is 0.800. The molecule has 0 radical (unpaired) electrons. The van der Waals surface area contributed by atoms with E-state index in [-0.39, 0.29) is 18.4 Å². The molecule has 2 fully saturated rings. The first-order valence-electron chi connectivity index (χ1n) is 7.50. The van der Waals surface area contributed by atoms with Crippen LogP contribution in [0.25, 0.3) is 0 Å². The van der Waals surface area contributed by atoms with Crippen molar-refractivity contribution in [1.82, 2.24) is 10.2 Å². The van der Waals surface area contributed by atoms with Crippen molar-refractivity contribution < 1.29 is 19.1 Å². The van der Waals surface area contributed by atoms with Crippen LogP contribution < -0.4 is 5.32 Å². The summed E-state index contributed by atoms with van der Waals surface area (Å²) < 4.78 is 5.16. The summed E-state index contributed by atoms with van der Waals surface area (Å²) >= 11 is 0. The fourth-order valence-corrected chi connectivity index (χ4v) is 2.05. The normalized spacial score (nSPS) is 19.7. The number of hydrogen-bond acceptors (Lipinski definition) is 5. The summed E-state index contributed by atoms with van der Waals surface area (Å²) in [4.78, 5) is 34.5. The van der Waals surface area contributed by atoms with E-state index in [0.29, 0.717) is 25.3 Å². The molecule has 2 aliphatic rings. The van der Waals surface area contributed by atoms with Crippen LogP contribution in [-0.4, -0.2) is 54.3 Å². The number of nitrogens with one attached hydrogen (secondary N) is 1. The summed E-state index contributed by atoms with van der Waals surface area (Å²) in [6.45, 7) is 7.89. The fourth-order valence-electron chi connectivity index (χ4n) is 2.05. The summed E-state index contributed by atoms with van der Waals surface area (Å²) in [7, 11) is 0. The Kier molecular flexibility index (Phi) is 6.81. The largest absolute Gasteiger partial charge is 0.444 e. The summed E-state index contributed by atoms with van der Waals surface area (Å²) in [6, 6.07) is 0. The van der Waals surface area contributed by atoms with Crippen LogP contribution in [0.1, 0.15) is 46.5 Å². The van der Waals surface area contributed by atoms with E-state index in [9.17, 15) is 14.4 Å². The molecule has 2 aliphatic heterocycles. The number of Topliss-reactive ketones (excluding diaryl/α,β-unsaturated/α-hetero) is 2. The number of likely N-dealkylation sites (tertiary alicyclic amines) is 1. The van der Waals surface area contributed by atoms with Crippen molar-refractivity contribution in [3.8, 4) is 0 Å². The van der Waals surface area contributed by atoms with Gasteiger partial charge in [-0.3, -0.25) is 9.59 Å². The van der Waals surface area contributed by atoms with Gasteiger partial charge in [0.05, 0.1) is 13.1 Å². The highest BCUT2D eigenvalue weighted by molar-refractivity contribution is 5.85. The molecule has 6 nitrogen and oxygen atoms in total. The molecule has 1 N–H and O–H groups in total. The van der Waals surface area contributed by atoms with Crippen molar-refractivity contribution in [3.63, 3.8) is 0 Å². The highest BCUT2D eigenvalue weighted by atomic mass is 16.6. The predicted molar refractivity (Wildman–Crippen MR) is 79.2 cm³/mol. The van der Waals surface area contributed by atoms with Gasteiger partial charge in [-0.25, -0.2) is 4.79 Å². The van der Waals surface area contributed by atoms with Crippen LogP contribution in [0.5, 0.6) is 0 Å². The number of nitrogens with zero attached hydrogens (tertiary/aromatic N) is 1. The van der Waals surface area contributed by atoms with Crippen molar-refractivity contribution in [2.24, 2.45) is 0 Å². The Morgan fingerprint density at radius 2 is 1.81 bits per heavy atom. The molecule has 0 bridgehead atoms. The maximum absolute atomic E-state index is 11.5. The van der Waals surface area contributed by atoms with E-state index in [4.69, 9.17) is 4.74 Å². The Labute approximate surface area is 126 Å². The van der Waals surface area contributed by atoms with Gasteiger partial charge in [-0.2, -0.15) is 0 Å². The third-order valence-corrected chi connectivity index (χ3v) is 3.03. The molecule has 0 saturated carbocycles. The van der Waals surface area contributed by atoms with Gasteiger partial charge in [0.2, 0.25) is 0 Å². The van der Waals surface area contributed by atoms with Gasteiger partial charge in [-0.1, -0.05) is 0 Å². The molecule has 21 heavy (non-hydrogen) atoms. The lowest BCUT2D eigenvalue weighted by Gasteiger charge is -2.29. The first kappa shape index (κ1) is 17.6. The van der Waals surface area contributed by atoms with Crippen LogP contribution in [0.2, 0.25) is 0 Å². The molecule has 0 aromatic carbocycles. The second-order valence-corrected chi connectivity index (χ2v) is 6.36. The van der Waals surface area contributed by atoms with Crippen LogP contribution in [0.3, 0.4) is 0 Å². The Balaban J connectivity index is 0.000000262. The topological polar surface area (TPSA) is 75.7 Å². The Bertz CT molecular complexity index is 380. The average molecular weight is 298 g/mol. The van der Waals surface area contributed by atoms with Crippen molar-refractivity contribution in [3.05, 3.63) is 0 Å². The SMILES string of the molecule is CC(C)(C)OC(=O)N1CCCC(=O)C1.O=C1CCCNC1. The number of amides is 1. The minimum absolute atomic E-state index is 0.113. The molecule has 2 rings (SSSR count). The summed E-state index contributed by atoms with van der Waals surface area (Å²) in [6.07, 6.45) is 2.76. The van der Waals surface area contributed by atoms with Gasteiger partial charge in [-0.15, -0.1) is 0 Å². The van der Waals surface area contributed by atoms with Gasteiger partial charge in [0, 0.05) is 19.4 Å². The number of piperidine rings is 2. The molecule has 2 heterocycles. The van der Waals surface area contributed by atoms with E-state index in [1.807, 2.05) is 20.8 Å². The standard InChI is InChI=1S/C10H17NO3.C5H9NO/c1-10(2,3)14-9(13)11-6-4-5-8(12)7-11;7-5-2-1-3-6-4-5/h4-7H2,1-3H3;6H,1-4H2. The van der Waals surface area contributed by atoms with E-state index in [1.54, 1.807) is 0 Å². The van der Waals surface area contributed by atoms with E-state index in [0.717, 1.165) is 25.8 Å².